The summed E-state index contributed by atoms with van der Waals surface area (Å²) in [5, 5.41) is 12.1. The van der Waals surface area contributed by atoms with E-state index in [1.807, 2.05) is 6.92 Å². The molecule has 1 atom stereocenters. The molecule has 1 saturated carbocycles. The Kier molecular flexibility index (Phi) is 3.80. The van der Waals surface area contributed by atoms with E-state index >= 15 is 0 Å². The average Bonchev–Trinajstić information content (AvgIpc) is 2.77. The number of rotatable bonds is 3. The zero-order valence-electron chi connectivity index (χ0n) is 9.87. The van der Waals surface area contributed by atoms with Gasteiger partial charge in [0.15, 0.2) is 5.79 Å². The Labute approximate surface area is 96.9 Å². The molecule has 4 nitrogen and oxygen atoms in total. The molecule has 2 aliphatic rings. The number of nitrogens with one attached hydrogen (secondary N) is 1. The Morgan fingerprint density at radius 2 is 2.00 bits per heavy atom. The van der Waals surface area contributed by atoms with Crippen molar-refractivity contribution < 1.29 is 9.47 Å². The van der Waals surface area contributed by atoms with Gasteiger partial charge in [0, 0.05) is 25.4 Å². The number of ether oxygens (including phenoxy) is 2. The second kappa shape index (κ2) is 5.13. The van der Waals surface area contributed by atoms with Crippen molar-refractivity contribution in [1.29, 1.82) is 5.26 Å². The molecule has 2 fully saturated rings. The van der Waals surface area contributed by atoms with Crippen molar-refractivity contribution in [2.75, 3.05) is 19.8 Å². The number of hydrogen-bond acceptors (Lipinski definition) is 4. The van der Waals surface area contributed by atoms with Crippen molar-refractivity contribution in [3.05, 3.63) is 0 Å². The molecule has 1 N–H and O–H groups in total. The quantitative estimate of drug-likeness (QED) is 0.787. The van der Waals surface area contributed by atoms with Gasteiger partial charge in [-0.3, -0.25) is 0 Å². The predicted octanol–water partition coefficient (Wildman–Crippen LogP) is 1.42. The number of nitrogens with zero attached hydrogens (tertiary/aromatic N) is 1. The minimum absolute atomic E-state index is 0.0925. The van der Waals surface area contributed by atoms with Crippen LogP contribution in [0.25, 0.3) is 0 Å². The molecule has 0 bridgehead atoms. The topological polar surface area (TPSA) is 54.3 Å². The van der Waals surface area contributed by atoms with Gasteiger partial charge < -0.3 is 14.8 Å². The third-order valence-electron chi connectivity index (χ3n) is 3.49. The first-order chi connectivity index (χ1) is 7.74. The summed E-state index contributed by atoms with van der Waals surface area (Å²) in [6.07, 6.45) is 4.12. The van der Waals surface area contributed by atoms with Gasteiger partial charge in [-0.1, -0.05) is 0 Å². The lowest BCUT2D eigenvalue weighted by molar-refractivity contribution is -0.179. The van der Waals surface area contributed by atoms with E-state index < -0.39 is 0 Å². The van der Waals surface area contributed by atoms with E-state index in [2.05, 4.69) is 11.4 Å². The second-order valence-electron chi connectivity index (χ2n) is 4.82. The zero-order valence-corrected chi connectivity index (χ0v) is 9.87. The maximum atomic E-state index is 8.70. The smallest absolute Gasteiger partial charge is 0.168 e. The van der Waals surface area contributed by atoms with Crippen molar-refractivity contribution in [3.8, 4) is 6.07 Å². The fraction of sp³-hybridized carbons (Fsp3) is 0.917. The van der Waals surface area contributed by atoms with Crippen LogP contribution in [0.4, 0.5) is 0 Å². The van der Waals surface area contributed by atoms with Crippen molar-refractivity contribution in [3.63, 3.8) is 0 Å². The van der Waals surface area contributed by atoms with Crippen molar-refractivity contribution in [1.82, 2.24) is 5.32 Å². The average molecular weight is 224 g/mol. The molecule has 1 heterocycles. The highest BCUT2D eigenvalue weighted by Gasteiger charge is 2.40. The Balaban J connectivity index is 1.71. The van der Waals surface area contributed by atoms with Crippen LogP contribution in [0.2, 0.25) is 0 Å². The van der Waals surface area contributed by atoms with E-state index in [-0.39, 0.29) is 11.7 Å². The summed E-state index contributed by atoms with van der Waals surface area (Å²) in [7, 11) is 0. The molecule has 0 aromatic heterocycles. The first kappa shape index (κ1) is 11.8. The van der Waals surface area contributed by atoms with E-state index in [0.29, 0.717) is 6.04 Å². The highest BCUT2D eigenvalue weighted by molar-refractivity contribution is 4.87. The third-order valence-corrected chi connectivity index (χ3v) is 3.49. The van der Waals surface area contributed by atoms with Gasteiger partial charge in [0.2, 0.25) is 0 Å². The maximum Gasteiger partial charge on any atom is 0.168 e. The molecule has 1 spiro atoms. The number of nitriles is 1. The lowest BCUT2D eigenvalue weighted by Crippen LogP contribution is -2.43. The van der Waals surface area contributed by atoms with Gasteiger partial charge in [-0.05, 0) is 19.8 Å². The van der Waals surface area contributed by atoms with Crippen LogP contribution < -0.4 is 5.32 Å². The Bertz CT molecular complexity index is 259. The minimum Gasteiger partial charge on any atom is -0.348 e. The van der Waals surface area contributed by atoms with Crippen LogP contribution in [0.15, 0.2) is 0 Å². The summed E-state index contributed by atoms with van der Waals surface area (Å²) >= 11 is 0. The van der Waals surface area contributed by atoms with Crippen LogP contribution >= 0.6 is 0 Å². The van der Waals surface area contributed by atoms with Gasteiger partial charge in [0.1, 0.15) is 0 Å². The summed E-state index contributed by atoms with van der Waals surface area (Å²) in [4.78, 5) is 0. The van der Waals surface area contributed by atoms with E-state index in [4.69, 9.17) is 14.7 Å². The third kappa shape index (κ3) is 2.73. The molecule has 0 aromatic carbocycles. The Morgan fingerprint density at radius 1 is 1.38 bits per heavy atom. The SMILES string of the molecule is CC(C#N)CNC1CCC2(CC1)OCCO2. The molecule has 0 radical (unpaired) electrons. The van der Waals surface area contributed by atoms with Crippen molar-refractivity contribution in [2.24, 2.45) is 5.92 Å². The van der Waals surface area contributed by atoms with E-state index in [0.717, 1.165) is 45.4 Å². The normalized spacial score (nSPS) is 26.8. The number of hydrogen-bond donors (Lipinski definition) is 1. The first-order valence-electron chi connectivity index (χ1n) is 6.15. The van der Waals surface area contributed by atoms with Gasteiger partial charge in [-0.15, -0.1) is 0 Å². The Hall–Kier alpha value is -0.630. The van der Waals surface area contributed by atoms with Gasteiger partial charge in [-0.2, -0.15) is 5.26 Å². The van der Waals surface area contributed by atoms with Crippen LogP contribution in [0.1, 0.15) is 32.6 Å². The fourth-order valence-corrected chi connectivity index (χ4v) is 2.44. The van der Waals surface area contributed by atoms with Crippen LogP contribution in [0, 0.1) is 17.2 Å². The molecule has 0 amide bonds. The molecule has 90 valence electrons. The zero-order chi connectivity index (χ0) is 11.4. The summed E-state index contributed by atoms with van der Waals surface area (Å²) < 4.78 is 11.3. The minimum atomic E-state index is -0.265. The Morgan fingerprint density at radius 3 is 2.56 bits per heavy atom. The second-order valence-corrected chi connectivity index (χ2v) is 4.82. The molecule has 1 saturated heterocycles. The maximum absolute atomic E-state index is 8.70. The summed E-state index contributed by atoms with van der Waals surface area (Å²) in [6.45, 7) is 4.21. The molecule has 16 heavy (non-hydrogen) atoms. The molecule has 2 rings (SSSR count). The lowest BCUT2D eigenvalue weighted by Gasteiger charge is -2.35. The molecule has 4 heteroatoms. The highest BCUT2D eigenvalue weighted by Crippen LogP contribution is 2.35. The van der Waals surface area contributed by atoms with E-state index in [9.17, 15) is 0 Å². The standard InChI is InChI=1S/C12H20N2O2/c1-10(8-13)9-14-11-2-4-12(5-3-11)15-6-7-16-12/h10-11,14H,2-7,9H2,1H3. The monoisotopic (exact) mass is 224 g/mol. The van der Waals surface area contributed by atoms with Gasteiger partial charge in [0.25, 0.3) is 0 Å². The van der Waals surface area contributed by atoms with Gasteiger partial charge >= 0.3 is 0 Å². The van der Waals surface area contributed by atoms with Gasteiger partial charge in [-0.25, -0.2) is 0 Å². The van der Waals surface area contributed by atoms with Crippen LogP contribution in [-0.4, -0.2) is 31.6 Å². The predicted molar refractivity (Wildman–Crippen MR) is 59.7 cm³/mol. The van der Waals surface area contributed by atoms with Crippen LogP contribution in [0.3, 0.4) is 0 Å². The largest absolute Gasteiger partial charge is 0.348 e. The first-order valence-corrected chi connectivity index (χ1v) is 6.15. The fourth-order valence-electron chi connectivity index (χ4n) is 2.44. The summed E-state index contributed by atoms with van der Waals surface area (Å²) in [6, 6.07) is 2.76. The van der Waals surface area contributed by atoms with Crippen LogP contribution in [0.5, 0.6) is 0 Å². The molecule has 0 aromatic rings. The molecule has 1 unspecified atom stereocenters. The molecule has 1 aliphatic carbocycles. The molecular formula is C12H20N2O2. The molecular weight excluding hydrogens is 204 g/mol. The van der Waals surface area contributed by atoms with E-state index in [1.165, 1.54) is 0 Å². The van der Waals surface area contributed by atoms with E-state index in [1.54, 1.807) is 0 Å². The lowest BCUT2D eigenvalue weighted by atomic mass is 9.90. The highest BCUT2D eigenvalue weighted by atomic mass is 16.7. The molecule has 1 aliphatic heterocycles. The van der Waals surface area contributed by atoms with Crippen molar-refractivity contribution in [2.45, 2.75) is 44.4 Å². The summed E-state index contributed by atoms with van der Waals surface area (Å²) in [5.74, 6) is -0.172. The summed E-state index contributed by atoms with van der Waals surface area (Å²) in [5.41, 5.74) is 0. The van der Waals surface area contributed by atoms with Crippen LogP contribution in [-0.2, 0) is 9.47 Å². The van der Waals surface area contributed by atoms with Crippen molar-refractivity contribution >= 4 is 0 Å². The van der Waals surface area contributed by atoms with Gasteiger partial charge in [0.05, 0.1) is 25.2 Å².